The van der Waals surface area contributed by atoms with Crippen LogP contribution in [0.1, 0.15) is 6.42 Å². The number of hydrogen-bond acceptors (Lipinski definition) is 7. The zero-order valence-corrected chi connectivity index (χ0v) is 26.0. The summed E-state index contributed by atoms with van der Waals surface area (Å²) in [6.07, 6.45) is -15.1. The summed E-state index contributed by atoms with van der Waals surface area (Å²) in [6.45, 7) is 18.0. The fourth-order valence-electron chi connectivity index (χ4n) is 3.06. The Morgan fingerprint density at radius 1 is 0.722 bits per heavy atom. The van der Waals surface area contributed by atoms with Crippen molar-refractivity contribution in [3.8, 4) is 0 Å². The van der Waals surface area contributed by atoms with E-state index in [9.17, 15) is 35.9 Å². The summed E-state index contributed by atoms with van der Waals surface area (Å²) >= 11 is 0. The highest BCUT2D eigenvalue weighted by Crippen LogP contribution is 2.35. The van der Waals surface area contributed by atoms with Gasteiger partial charge < -0.3 is 21.8 Å². The summed E-state index contributed by atoms with van der Waals surface area (Å²) < 4.78 is 102. The van der Waals surface area contributed by atoms with E-state index in [0.717, 1.165) is 0 Å². The molecule has 0 fully saturated rings. The summed E-state index contributed by atoms with van der Waals surface area (Å²) in [7, 11) is -9.25. The van der Waals surface area contributed by atoms with Crippen LogP contribution in [0.3, 0.4) is 0 Å². The molecule has 0 saturated heterocycles. The number of ether oxygens (including phenoxy) is 2. The monoisotopic (exact) mass is 602 g/mol. The van der Waals surface area contributed by atoms with Gasteiger partial charge in [-0.3, -0.25) is 0 Å². The maximum absolute atomic E-state index is 12.4. The number of esters is 2. The summed E-state index contributed by atoms with van der Waals surface area (Å²) in [4.78, 5) is 23.0. The van der Waals surface area contributed by atoms with E-state index in [2.05, 4.69) is 4.74 Å². The summed E-state index contributed by atoms with van der Waals surface area (Å²) in [5, 5.41) is 0. The number of rotatable bonds is 13. The maximum Gasteiger partial charge on any atom is 0.466 e. The quantitative estimate of drug-likeness (QED) is 0.0840. The van der Waals surface area contributed by atoms with E-state index in [-0.39, 0.29) is 12.7 Å². The Balaban J connectivity index is 4.86. The first-order valence-corrected chi connectivity index (χ1v) is 23.2. The van der Waals surface area contributed by atoms with Crippen molar-refractivity contribution in [3.05, 3.63) is 12.2 Å². The minimum Gasteiger partial charge on any atom is -0.463 e. The van der Waals surface area contributed by atoms with Gasteiger partial charge in [0.1, 0.15) is 0 Å². The van der Waals surface area contributed by atoms with Gasteiger partial charge in [0, 0.05) is 18.7 Å². The third kappa shape index (κ3) is 16.0. The van der Waals surface area contributed by atoms with Crippen molar-refractivity contribution in [2.75, 3.05) is 6.61 Å². The fraction of sp³-hybridized carbons (Fsp3) is 0.789. The normalized spacial score (nSPS) is 14.4. The van der Waals surface area contributed by atoms with E-state index in [4.69, 9.17) is 17.1 Å². The topological polar surface area (TPSA) is 80.3 Å². The molecule has 0 N–H and O–H groups in total. The van der Waals surface area contributed by atoms with Crippen molar-refractivity contribution < 1.29 is 57.8 Å². The van der Waals surface area contributed by atoms with Gasteiger partial charge in [-0.2, -0.15) is 26.3 Å². The minimum absolute atomic E-state index is 0.103. The van der Waals surface area contributed by atoms with Gasteiger partial charge in [0.05, 0.1) is 6.61 Å². The van der Waals surface area contributed by atoms with Gasteiger partial charge in [0.2, 0.25) is 0 Å². The SMILES string of the molecule is C[Si](C)(C)O[Si](C)(O[Si](C)(C)C)O[Si](C)(C)CCCOC(=O)/C=C/C(=O)OC(C(F)(F)F)C(F)(F)F. The van der Waals surface area contributed by atoms with Crippen LogP contribution in [0.5, 0.6) is 0 Å². The first-order valence-electron chi connectivity index (χ1n) is 11.0. The third-order valence-electron chi connectivity index (χ3n) is 3.80. The molecule has 0 amide bonds. The molecule has 0 bridgehead atoms. The molecule has 0 spiro atoms. The van der Waals surface area contributed by atoms with Gasteiger partial charge in [0.25, 0.3) is 6.10 Å². The van der Waals surface area contributed by atoms with Crippen molar-refractivity contribution in [1.29, 1.82) is 0 Å². The number of carbonyl (C=O) groups excluding carboxylic acids is 2. The largest absolute Gasteiger partial charge is 0.466 e. The van der Waals surface area contributed by atoms with Gasteiger partial charge in [-0.15, -0.1) is 0 Å². The molecule has 0 atom stereocenters. The molecule has 7 nitrogen and oxygen atoms in total. The van der Waals surface area contributed by atoms with Gasteiger partial charge in [-0.1, -0.05) is 0 Å². The molecule has 0 unspecified atom stereocenters. The Morgan fingerprint density at radius 2 is 1.14 bits per heavy atom. The molecular weight excluding hydrogens is 567 g/mol. The average molecular weight is 603 g/mol. The van der Waals surface area contributed by atoms with Crippen LogP contribution in [-0.2, 0) is 31.4 Å². The second-order valence-electron chi connectivity index (χ2n) is 10.7. The molecule has 0 rings (SSSR count). The Kier molecular flexibility index (Phi) is 12.4. The molecule has 36 heavy (non-hydrogen) atoms. The highest BCUT2D eigenvalue weighted by atomic mass is 28.5. The first-order chi connectivity index (χ1) is 15.7. The zero-order valence-electron chi connectivity index (χ0n) is 22.0. The molecule has 0 saturated carbocycles. The maximum atomic E-state index is 12.4. The number of carbonyl (C=O) groups is 2. The lowest BCUT2D eigenvalue weighted by molar-refractivity contribution is -0.312. The number of hydrogen-bond donors (Lipinski definition) is 0. The van der Waals surface area contributed by atoms with Crippen LogP contribution in [0.4, 0.5) is 26.3 Å². The molecule has 0 heterocycles. The Bertz CT molecular complexity index is 744. The minimum atomic E-state index is -5.85. The van der Waals surface area contributed by atoms with Gasteiger partial charge >= 0.3 is 33.1 Å². The molecule has 17 heteroatoms. The molecule has 0 radical (unpaired) electrons. The van der Waals surface area contributed by atoms with Crippen LogP contribution in [0.15, 0.2) is 12.2 Å². The lowest BCUT2D eigenvalue weighted by Crippen LogP contribution is -2.59. The van der Waals surface area contributed by atoms with E-state index in [0.29, 0.717) is 18.5 Å². The van der Waals surface area contributed by atoms with Crippen molar-refractivity contribution in [2.45, 2.75) is 89.8 Å². The lowest BCUT2D eigenvalue weighted by atomic mass is 10.3. The van der Waals surface area contributed by atoms with E-state index < -0.39 is 64.2 Å². The molecule has 0 aromatic heterocycles. The predicted octanol–water partition coefficient (Wildman–Crippen LogP) is 6.01. The van der Waals surface area contributed by atoms with Crippen molar-refractivity contribution >= 4 is 45.7 Å². The Morgan fingerprint density at radius 3 is 1.53 bits per heavy atom. The van der Waals surface area contributed by atoms with Crippen LogP contribution >= 0.6 is 0 Å². The summed E-state index contributed by atoms with van der Waals surface area (Å²) in [5.74, 6) is -3.10. The van der Waals surface area contributed by atoms with Crippen LogP contribution in [-0.4, -0.2) is 70.8 Å². The molecule has 0 aliphatic carbocycles. The second kappa shape index (κ2) is 12.7. The van der Waals surface area contributed by atoms with Gasteiger partial charge in [0.15, 0.2) is 25.0 Å². The highest BCUT2D eigenvalue weighted by molar-refractivity contribution is 6.89. The molecule has 0 aliphatic heterocycles. The van der Waals surface area contributed by atoms with E-state index in [1.807, 2.05) is 58.9 Å². The third-order valence-corrected chi connectivity index (χ3v) is 16.9. The number of alkyl halides is 6. The van der Waals surface area contributed by atoms with Crippen LogP contribution < -0.4 is 0 Å². The second-order valence-corrected chi connectivity index (χ2v) is 27.3. The predicted molar refractivity (Wildman–Crippen MR) is 131 cm³/mol. The van der Waals surface area contributed by atoms with Crippen molar-refractivity contribution in [1.82, 2.24) is 0 Å². The average Bonchev–Trinajstić information content (AvgIpc) is 2.55. The van der Waals surface area contributed by atoms with Gasteiger partial charge in [-0.05, 0) is 64.8 Å². The number of halogens is 6. The van der Waals surface area contributed by atoms with Crippen molar-refractivity contribution in [2.24, 2.45) is 0 Å². The van der Waals surface area contributed by atoms with Crippen LogP contribution in [0.2, 0.25) is 65.0 Å². The van der Waals surface area contributed by atoms with E-state index >= 15 is 0 Å². The summed E-state index contributed by atoms with van der Waals surface area (Å²) in [6, 6.07) is 0.553. The summed E-state index contributed by atoms with van der Waals surface area (Å²) in [5.41, 5.74) is 0. The zero-order chi connectivity index (χ0) is 28.8. The molecular formula is C19H36F6O7Si4. The fourth-order valence-corrected chi connectivity index (χ4v) is 19.0. The molecule has 212 valence electrons. The first kappa shape index (κ1) is 35.0. The highest BCUT2D eigenvalue weighted by Gasteiger charge is 2.59. The molecule has 0 aromatic carbocycles. The Labute approximate surface area is 212 Å². The lowest BCUT2D eigenvalue weighted by Gasteiger charge is -2.41. The van der Waals surface area contributed by atoms with E-state index in [1.165, 1.54) is 0 Å². The molecule has 0 aliphatic rings. The Hall–Kier alpha value is -0.992. The van der Waals surface area contributed by atoms with Gasteiger partial charge in [-0.25, -0.2) is 9.59 Å². The standard InChI is InChI=1S/C19H36F6O7Si4/c1-33(2,3)30-36(9,31-34(4,5)6)32-35(7,8)14-10-13-28-15(26)11-12-16(27)29-17(18(20,21)22)19(23,24)25/h11-12,17H,10,13-14H2,1-9H3/b12-11+. The van der Waals surface area contributed by atoms with Crippen molar-refractivity contribution in [3.63, 3.8) is 0 Å². The molecule has 0 aromatic rings. The van der Waals surface area contributed by atoms with Crippen LogP contribution in [0, 0.1) is 0 Å². The smallest absolute Gasteiger partial charge is 0.463 e. The van der Waals surface area contributed by atoms with Crippen LogP contribution in [0.25, 0.3) is 0 Å². The van der Waals surface area contributed by atoms with E-state index in [1.54, 1.807) is 0 Å².